The lowest BCUT2D eigenvalue weighted by Gasteiger charge is -2.08. The molecule has 0 amide bonds. The van der Waals surface area contributed by atoms with Crippen molar-refractivity contribution in [2.45, 2.75) is 6.92 Å². The highest BCUT2D eigenvalue weighted by atomic mass is 35.5. The third-order valence-corrected chi connectivity index (χ3v) is 4.48. The van der Waals surface area contributed by atoms with Gasteiger partial charge in [0.2, 0.25) is 0 Å². The van der Waals surface area contributed by atoms with Crippen LogP contribution in [0.1, 0.15) is 15.9 Å². The fourth-order valence-electron chi connectivity index (χ4n) is 2.28. The van der Waals surface area contributed by atoms with Gasteiger partial charge in [-0.3, -0.25) is 0 Å². The molecule has 2 nitrogen and oxygen atoms in total. The summed E-state index contributed by atoms with van der Waals surface area (Å²) in [6.45, 7) is 1.80. The van der Waals surface area contributed by atoms with Crippen LogP contribution in [0, 0.1) is 6.92 Å². The van der Waals surface area contributed by atoms with Gasteiger partial charge in [-0.15, -0.1) is 0 Å². The van der Waals surface area contributed by atoms with Crippen molar-refractivity contribution in [2.24, 2.45) is 0 Å². The molecule has 0 bridgehead atoms. The molecule has 0 N–H and O–H groups in total. The summed E-state index contributed by atoms with van der Waals surface area (Å²) in [6.07, 6.45) is 0. The molecule has 0 aromatic heterocycles. The van der Waals surface area contributed by atoms with Crippen molar-refractivity contribution in [1.82, 2.24) is 0 Å². The third-order valence-electron chi connectivity index (χ3n) is 3.69. The SMILES string of the molecule is Cc1c(Cl)cc(OC(=O)c2ccc(-c3ccccc3)cc2)cc1Cl. The fraction of sp³-hybridized carbons (Fsp3) is 0.0500. The Morgan fingerprint density at radius 3 is 1.96 bits per heavy atom. The Morgan fingerprint density at radius 2 is 1.38 bits per heavy atom. The van der Waals surface area contributed by atoms with Crippen LogP contribution in [0.3, 0.4) is 0 Å². The van der Waals surface area contributed by atoms with Gasteiger partial charge in [0.15, 0.2) is 0 Å². The van der Waals surface area contributed by atoms with Crippen LogP contribution in [0.15, 0.2) is 66.7 Å². The number of carbonyl (C=O) groups excluding carboxylic acids is 1. The average molecular weight is 357 g/mol. The summed E-state index contributed by atoms with van der Waals surface area (Å²) >= 11 is 12.1. The van der Waals surface area contributed by atoms with E-state index < -0.39 is 5.97 Å². The largest absolute Gasteiger partial charge is 0.423 e. The average Bonchev–Trinajstić information content (AvgIpc) is 2.60. The van der Waals surface area contributed by atoms with Crippen LogP contribution in [0.25, 0.3) is 11.1 Å². The first-order chi connectivity index (χ1) is 11.5. The van der Waals surface area contributed by atoms with Gasteiger partial charge in [0, 0.05) is 10.0 Å². The molecule has 0 saturated heterocycles. The number of hydrogen-bond donors (Lipinski definition) is 0. The summed E-state index contributed by atoms with van der Waals surface area (Å²) in [5.41, 5.74) is 3.34. The minimum atomic E-state index is -0.453. The Labute approximate surface area is 150 Å². The van der Waals surface area contributed by atoms with Crippen LogP contribution < -0.4 is 4.74 Å². The molecular formula is C20H14Cl2O2. The molecule has 3 aromatic carbocycles. The van der Waals surface area contributed by atoms with Gasteiger partial charge < -0.3 is 4.74 Å². The minimum absolute atomic E-state index is 0.327. The van der Waals surface area contributed by atoms with E-state index in [1.807, 2.05) is 42.5 Å². The quantitative estimate of drug-likeness (QED) is 0.413. The van der Waals surface area contributed by atoms with Crippen molar-refractivity contribution in [3.63, 3.8) is 0 Å². The molecule has 120 valence electrons. The van der Waals surface area contributed by atoms with Crippen LogP contribution in [0.2, 0.25) is 10.0 Å². The van der Waals surface area contributed by atoms with Gasteiger partial charge in [0.25, 0.3) is 0 Å². The van der Waals surface area contributed by atoms with Crippen molar-refractivity contribution >= 4 is 29.2 Å². The molecule has 0 spiro atoms. The van der Waals surface area contributed by atoms with Gasteiger partial charge >= 0.3 is 5.97 Å². The summed E-state index contributed by atoms with van der Waals surface area (Å²) in [5, 5.41) is 0.925. The van der Waals surface area contributed by atoms with Crippen LogP contribution in [-0.4, -0.2) is 5.97 Å². The molecule has 4 heteroatoms. The number of carbonyl (C=O) groups is 1. The number of halogens is 2. The number of esters is 1. The number of benzene rings is 3. The predicted octanol–water partition coefficient (Wildman–Crippen LogP) is 6.19. The summed E-state index contributed by atoms with van der Waals surface area (Å²) in [5.74, 6) is -0.127. The number of hydrogen-bond acceptors (Lipinski definition) is 2. The van der Waals surface area contributed by atoms with E-state index in [4.69, 9.17) is 27.9 Å². The summed E-state index contributed by atoms with van der Waals surface area (Å²) < 4.78 is 5.35. The summed E-state index contributed by atoms with van der Waals surface area (Å²) in [6, 6.07) is 20.4. The second-order valence-electron chi connectivity index (χ2n) is 5.34. The molecule has 0 heterocycles. The Balaban J connectivity index is 1.78. The van der Waals surface area contributed by atoms with Gasteiger partial charge in [-0.05, 0) is 47.9 Å². The highest BCUT2D eigenvalue weighted by Gasteiger charge is 2.11. The third kappa shape index (κ3) is 3.61. The minimum Gasteiger partial charge on any atom is -0.423 e. The second kappa shape index (κ2) is 7.08. The fourth-order valence-corrected chi connectivity index (χ4v) is 2.74. The molecule has 0 unspecified atom stereocenters. The summed E-state index contributed by atoms with van der Waals surface area (Å²) in [7, 11) is 0. The van der Waals surface area contributed by atoms with E-state index in [0.29, 0.717) is 21.4 Å². The van der Waals surface area contributed by atoms with E-state index in [0.717, 1.165) is 16.7 Å². The van der Waals surface area contributed by atoms with Crippen LogP contribution in [-0.2, 0) is 0 Å². The van der Waals surface area contributed by atoms with Crippen molar-refractivity contribution in [3.05, 3.63) is 87.9 Å². The van der Waals surface area contributed by atoms with Crippen molar-refractivity contribution in [3.8, 4) is 16.9 Å². The zero-order valence-corrected chi connectivity index (χ0v) is 14.4. The van der Waals surface area contributed by atoms with Gasteiger partial charge in [0.1, 0.15) is 5.75 Å². The standard InChI is InChI=1S/C20H14Cl2O2/c1-13-18(21)11-17(12-19(13)22)24-20(23)16-9-7-15(8-10-16)14-5-3-2-4-6-14/h2-12H,1H3. The molecule has 3 aromatic rings. The van der Waals surface area contributed by atoms with Gasteiger partial charge in [-0.25, -0.2) is 4.79 Å². The van der Waals surface area contributed by atoms with Gasteiger partial charge in [0.05, 0.1) is 5.56 Å². The van der Waals surface area contributed by atoms with E-state index in [1.54, 1.807) is 31.2 Å². The van der Waals surface area contributed by atoms with Gasteiger partial charge in [-0.1, -0.05) is 65.7 Å². The van der Waals surface area contributed by atoms with Crippen molar-refractivity contribution in [1.29, 1.82) is 0 Å². The van der Waals surface area contributed by atoms with Crippen molar-refractivity contribution < 1.29 is 9.53 Å². The summed E-state index contributed by atoms with van der Waals surface area (Å²) in [4.78, 5) is 12.3. The highest BCUT2D eigenvalue weighted by molar-refractivity contribution is 6.36. The molecule has 0 atom stereocenters. The Hall–Kier alpha value is -2.29. The highest BCUT2D eigenvalue weighted by Crippen LogP contribution is 2.30. The van der Waals surface area contributed by atoms with Gasteiger partial charge in [-0.2, -0.15) is 0 Å². The van der Waals surface area contributed by atoms with E-state index in [1.165, 1.54) is 0 Å². The first kappa shape index (κ1) is 16.6. The van der Waals surface area contributed by atoms with Crippen LogP contribution >= 0.6 is 23.2 Å². The number of ether oxygens (including phenoxy) is 1. The molecule has 24 heavy (non-hydrogen) atoms. The smallest absolute Gasteiger partial charge is 0.343 e. The lowest BCUT2D eigenvalue weighted by molar-refractivity contribution is 0.0735. The molecule has 0 aliphatic carbocycles. The van der Waals surface area contributed by atoms with E-state index in [2.05, 4.69) is 0 Å². The first-order valence-electron chi connectivity index (χ1n) is 7.38. The Kier molecular flexibility index (Phi) is 4.89. The molecule has 0 radical (unpaired) electrons. The van der Waals surface area contributed by atoms with E-state index in [-0.39, 0.29) is 0 Å². The Morgan fingerprint density at radius 1 is 0.833 bits per heavy atom. The molecular weight excluding hydrogens is 343 g/mol. The maximum Gasteiger partial charge on any atom is 0.343 e. The topological polar surface area (TPSA) is 26.3 Å². The van der Waals surface area contributed by atoms with Crippen LogP contribution in [0.5, 0.6) is 5.75 Å². The lowest BCUT2D eigenvalue weighted by atomic mass is 10.0. The van der Waals surface area contributed by atoms with Crippen LogP contribution in [0.4, 0.5) is 0 Å². The first-order valence-corrected chi connectivity index (χ1v) is 8.13. The molecule has 3 rings (SSSR count). The molecule has 0 aliphatic heterocycles. The Bertz CT molecular complexity index is 849. The lowest BCUT2D eigenvalue weighted by Crippen LogP contribution is -2.08. The molecule has 0 saturated carbocycles. The van der Waals surface area contributed by atoms with Crippen molar-refractivity contribution in [2.75, 3.05) is 0 Å². The second-order valence-corrected chi connectivity index (χ2v) is 6.16. The number of rotatable bonds is 3. The maximum atomic E-state index is 12.3. The van der Waals surface area contributed by atoms with E-state index in [9.17, 15) is 4.79 Å². The maximum absolute atomic E-state index is 12.3. The zero-order valence-electron chi connectivity index (χ0n) is 12.9. The monoisotopic (exact) mass is 356 g/mol. The molecule has 0 fully saturated rings. The predicted molar refractivity (Wildman–Crippen MR) is 98.0 cm³/mol. The zero-order chi connectivity index (χ0) is 17.1. The normalized spacial score (nSPS) is 10.5. The van der Waals surface area contributed by atoms with E-state index >= 15 is 0 Å². The molecule has 0 aliphatic rings.